The molecule has 0 aliphatic heterocycles. The van der Waals surface area contributed by atoms with Gasteiger partial charge in [-0.2, -0.15) is 5.10 Å². The Morgan fingerprint density at radius 2 is 1.96 bits per heavy atom. The van der Waals surface area contributed by atoms with E-state index in [1.807, 2.05) is 6.92 Å². The highest BCUT2D eigenvalue weighted by atomic mass is 16.5. The Morgan fingerprint density at radius 1 is 1.22 bits per heavy atom. The fourth-order valence-electron chi connectivity index (χ4n) is 4.50. The van der Waals surface area contributed by atoms with E-state index in [9.17, 15) is 9.59 Å². The number of rotatable bonds is 2. The number of nitrogens with one attached hydrogen (secondary N) is 1. The molecule has 6 aliphatic carbocycles. The van der Waals surface area contributed by atoms with Gasteiger partial charge in [0.05, 0.1) is 6.61 Å². The minimum Gasteiger partial charge on any atom is -0.461 e. The summed E-state index contributed by atoms with van der Waals surface area (Å²) in [5.74, 6) is 3.10. The van der Waals surface area contributed by atoms with Crippen LogP contribution in [0.15, 0.2) is 0 Å². The van der Waals surface area contributed by atoms with Crippen molar-refractivity contribution < 1.29 is 14.3 Å². The molecule has 6 aliphatic rings. The third kappa shape index (κ3) is 2.60. The van der Waals surface area contributed by atoms with Crippen molar-refractivity contribution in [1.82, 2.24) is 10.2 Å². The Balaban J connectivity index is 0.000000142. The molecule has 1 aromatic rings. The van der Waals surface area contributed by atoms with Crippen LogP contribution in [0.5, 0.6) is 0 Å². The van der Waals surface area contributed by atoms with Gasteiger partial charge in [-0.05, 0) is 57.3 Å². The molecule has 23 heavy (non-hydrogen) atoms. The van der Waals surface area contributed by atoms with Gasteiger partial charge in [0, 0.05) is 29.5 Å². The van der Waals surface area contributed by atoms with Crippen LogP contribution in [-0.4, -0.2) is 28.6 Å². The Kier molecular flexibility index (Phi) is 3.74. The van der Waals surface area contributed by atoms with Crippen LogP contribution in [-0.2, 0) is 16.0 Å². The van der Waals surface area contributed by atoms with Crippen molar-refractivity contribution >= 4 is 11.8 Å². The van der Waals surface area contributed by atoms with Gasteiger partial charge in [0.1, 0.15) is 5.78 Å². The summed E-state index contributed by atoms with van der Waals surface area (Å²) in [6, 6.07) is 0. The second-order valence-corrected chi connectivity index (χ2v) is 7.46. The van der Waals surface area contributed by atoms with Gasteiger partial charge < -0.3 is 4.74 Å². The zero-order chi connectivity index (χ0) is 16.0. The van der Waals surface area contributed by atoms with E-state index < -0.39 is 0 Å². The molecule has 7 rings (SSSR count). The first kappa shape index (κ1) is 14.9. The summed E-state index contributed by atoms with van der Waals surface area (Å²) in [5.41, 5.74) is 2.81. The first-order valence-corrected chi connectivity index (χ1v) is 8.92. The van der Waals surface area contributed by atoms with Crippen molar-refractivity contribution in [3.8, 4) is 0 Å². The van der Waals surface area contributed by atoms with Crippen molar-refractivity contribution in [2.45, 2.75) is 57.8 Å². The molecule has 0 aromatic carbocycles. The Morgan fingerprint density at radius 3 is 2.52 bits per heavy atom. The lowest BCUT2D eigenvalue weighted by molar-refractivity contribution is -0.131. The molecular weight excluding hydrogens is 292 g/mol. The fourth-order valence-corrected chi connectivity index (χ4v) is 4.50. The normalized spacial score (nSPS) is 32.7. The van der Waals surface area contributed by atoms with Crippen LogP contribution in [0, 0.1) is 17.8 Å². The summed E-state index contributed by atoms with van der Waals surface area (Å²) in [6.45, 7) is 2.22. The summed E-state index contributed by atoms with van der Waals surface area (Å²) in [6.07, 6.45) is 8.04. The van der Waals surface area contributed by atoms with Crippen LogP contribution < -0.4 is 0 Å². The lowest BCUT2D eigenvalue weighted by Gasteiger charge is -2.40. The lowest BCUT2D eigenvalue weighted by Crippen LogP contribution is -2.36. The minimum absolute atomic E-state index is 0.281. The molecule has 0 atom stereocenters. The Labute approximate surface area is 136 Å². The number of ketones is 1. The molecule has 0 radical (unpaired) electrons. The molecule has 0 amide bonds. The van der Waals surface area contributed by atoms with Crippen LogP contribution >= 0.6 is 0 Å². The van der Waals surface area contributed by atoms with E-state index >= 15 is 0 Å². The number of carbonyl (C=O) groups excluding carboxylic acids is 2. The number of hydrogen-bond acceptors (Lipinski definition) is 4. The number of aromatic amines is 1. The molecule has 5 heteroatoms. The quantitative estimate of drug-likeness (QED) is 0.851. The van der Waals surface area contributed by atoms with Crippen molar-refractivity contribution in [2.24, 2.45) is 17.8 Å². The molecule has 124 valence electrons. The molecule has 0 unspecified atom stereocenters. The van der Waals surface area contributed by atoms with E-state index in [0.717, 1.165) is 30.2 Å². The number of H-pyrrole nitrogens is 1. The van der Waals surface area contributed by atoms with E-state index in [1.54, 1.807) is 0 Å². The summed E-state index contributed by atoms with van der Waals surface area (Å²) < 4.78 is 4.98. The standard InChI is InChI=1S/C11H14N2O2.C7H10O/c1-2-15-11(14)10-8-5-6-3-7(4-6)9(8)12-13-10;8-7-2-1-5-3-6(7)4-5/h6-7H,2-5H2,1H3,(H,12,13);5-6H,1-4H2. The number of nitrogens with zero attached hydrogens (tertiary/aromatic N) is 1. The largest absolute Gasteiger partial charge is 0.461 e. The molecule has 0 saturated heterocycles. The third-order valence-corrected chi connectivity index (χ3v) is 5.99. The second kappa shape index (κ2) is 5.77. The smallest absolute Gasteiger partial charge is 0.359 e. The van der Waals surface area contributed by atoms with Crippen LogP contribution in [0.2, 0.25) is 0 Å². The molecule has 4 fully saturated rings. The van der Waals surface area contributed by atoms with Gasteiger partial charge in [-0.25, -0.2) is 4.79 Å². The molecule has 5 nitrogen and oxygen atoms in total. The molecule has 0 spiro atoms. The predicted octanol–water partition coefficient (Wildman–Crippen LogP) is 3.01. The highest BCUT2D eigenvalue weighted by molar-refractivity contribution is 5.89. The number of hydrogen-bond donors (Lipinski definition) is 1. The SMILES string of the molecule is CCOC(=O)c1n[nH]c2c1CC1CC2C1.O=C1CCC2CC1C2. The Bertz CT molecular complexity index is 621. The molecular formula is C18H24N2O3. The van der Waals surface area contributed by atoms with Gasteiger partial charge in [0.15, 0.2) is 5.69 Å². The minimum atomic E-state index is -0.281. The van der Waals surface area contributed by atoms with E-state index in [1.165, 1.54) is 37.8 Å². The van der Waals surface area contributed by atoms with Crippen molar-refractivity contribution in [2.75, 3.05) is 6.61 Å². The predicted molar refractivity (Wildman–Crippen MR) is 84.2 cm³/mol. The van der Waals surface area contributed by atoms with Gasteiger partial charge >= 0.3 is 5.97 Å². The average Bonchev–Trinajstić information content (AvgIpc) is 2.90. The van der Waals surface area contributed by atoms with E-state index in [0.29, 0.717) is 29.9 Å². The Hall–Kier alpha value is -1.65. The first-order chi connectivity index (χ1) is 11.2. The molecule has 1 heterocycles. The number of carbonyl (C=O) groups is 2. The van der Waals surface area contributed by atoms with Gasteiger partial charge in [0.25, 0.3) is 0 Å². The highest BCUT2D eigenvalue weighted by Crippen LogP contribution is 2.49. The summed E-state index contributed by atoms with van der Waals surface area (Å²) in [4.78, 5) is 22.4. The summed E-state index contributed by atoms with van der Waals surface area (Å²) in [7, 11) is 0. The number of ether oxygens (including phenoxy) is 1. The summed E-state index contributed by atoms with van der Waals surface area (Å²) in [5, 5.41) is 7.10. The first-order valence-electron chi connectivity index (χ1n) is 8.92. The van der Waals surface area contributed by atoms with Crippen LogP contribution in [0.1, 0.15) is 73.1 Å². The zero-order valence-corrected chi connectivity index (χ0v) is 13.6. The van der Waals surface area contributed by atoms with E-state index in [-0.39, 0.29) is 5.97 Å². The van der Waals surface area contributed by atoms with E-state index in [2.05, 4.69) is 10.2 Å². The van der Waals surface area contributed by atoms with Crippen molar-refractivity contribution in [3.63, 3.8) is 0 Å². The van der Waals surface area contributed by atoms with Gasteiger partial charge in [-0.3, -0.25) is 9.89 Å². The highest BCUT2D eigenvalue weighted by Gasteiger charge is 2.41. The monoisotopic (exact) mass is 316 g/mol. The van der Waals surface area contributed by atoms with Crippen molar-refractivity contribution in [3.05, 3.63) is 17.0 Å². The number of fused-ring (bicyclic) bond motifs is 2. The maximum atomic E-state index is 11.6. The molecule has 1 N–H and O–H groups in total. The molecule has 1 aromatic heterocycles. The van der Waals surface area contributed by atoms with Gasteiger partial charge in [-0.15, -0.1) is 0 Å². The number of aromatic nitrogens is 2. The number of Topliss-reactive ketones (excluding diaryl/α,β-unsaturated/α-hetero) is 1. The number of esters is 1. The zero-order valence-electron chi connectivity index (χ0n) is 13.6. The topological polar surface area (TPSA) is 72.0 Å². The molecule has 4 saturated carbocycles. The average molecular weight is 316 g/mol. The third-order valence-electron chi connectivity index (χ3n) is 5.99. The van der Waals surface area contributed by atoms with Crippen LogP contribution in [0.4, 0.5) is 0 Å². The summed E-state index contributed by atoms with van der Waals surface area (Å²) >= 11 is 0. The lowest BCUT2D eigenvalue weighted by atomic mass is 9.64. The maximum absolute atomic E-state index is 11.6. The van der Waals surface area contributed by atoms with Crippen LogP contribution in [0.3, 0.4) is 0 Å². The van der Waals surface area contributed by atoms with Gasteiger partial charge in [-0.1, -0.05) is 0 Å². The van der Waals surface area contributed by atoms with Crippen molar-refractivity contribution in [1.29, 1.82) is 0 Å². The van der Waals surface area contributed by atoms with E-state index in [4.69, 9.17) is 4.74 Å². The fraction of sp³-hybridized carbons (Fsp3) is 0.722. The maximum Gasteiger partial charge on any atom is 0.359 e. The second-order valence-electron chi connectivity index (χ2n) is 7.46. The van der Waals surface area contributed by atoms with Crippen LogP contribution in [0.25, 0.3) is 0 Å². The van der Waals surface area contributed by atoms with Gasteiger partial charge in [0.2, 0.25) is 0 Å². The molecule has 4 bridgehead atoms.